The maximum atomic E-state index is 11.0. The minimum absolute atomic E-state index is 0.0625. The molecule has 0 saturated heterocycles. The Bertz CT molecular complexity index is 409. The third-order valence-electron chi connectivity index (χ3n) is 2.41. The molecule has 0 fully saturated rings. The van der Waals surface area contributed by atoms with E-state index in [-0.39, 0.29) is 6.42 Å². The van der Waals surface area contributed by atoms with Gasteiger partial charge in [0.05, 0.1) is 5.56 Å². The molecule has 4 heteroatoms. The summed E-state index contributed by atoms with van der Waals surface area (Å²) in [6, 6.07) is 5.26. The zero-order valence-electron chi connectivity index (χ0n) is 9.06. The van der Waals surface area contributed by atoms with Gasteiger partial charge < -0.3 is 10.2 Å². The minimum atomic E-state index is -0.955. The number of carbonyl (C=O) groups is 2. The Morgan fingerprint density at radius 1 is 1.25 bits per heavy atom. The van der Waals surface area contributed by atoms with Crippen molar-refractivity contribution in [3.05, 3.63) is 34.9 Å². The number of aryl methyl sites for hydroxylation is 2. The molecular weight excluding hydrogens is 208 g/mol. The predicted molar refractivity (Wildman–Crippen MR) is 58.7 cm³/mol. The van der Waals surface area contributed by atoms with E-state index in [1.165, 1.54) is 0 Å². The topological polar surface area (TPSA) is 74.6 Å². The van der Waals surface area contributed by atoms with Crippen LogP contribution in [-0.4, -0.2) is 22.2 Å². The molecule has 0 atom stereocenters. The van der Waals surface area contributed by atoms with E-state index in [1.54, 1.807) is 25.1 Å². The largest absolute Gasteiger partial charge is 0.481 e. The van der Waals surface area contributed by atoms with Gasteiger partial charge in [0.25, 0.3) is 0 Å². The highest BCUT2D eigenvalue weighted by Gasteiger charge is 2.12. The van der Waals surface area contributed by atoms with Crippen LogP contribution in [0.2, 0.25) is 0 Å². The van der Waals surface area contributed by atoms with Gasteiger partial charge in [0, 0.05) is 6.42 Å². The van der Waals surface area contributed by atoms with E-state index in [4.69, 9.17) is 10.2 Å². The summed E-state index contributed by atoms with van der Waals surface area (Å²) in [7, 11) is 0. The molecule has 0 unspecified atom stereocenters. The maximum absolute atomic E-state index is 11.0. The van der Waals surface area contributed by atoms with Crippen molar-refractivity contribution >= 4 is 11.9 Å². The highest BCUT2D eigenvalue weighted by Crippen LogP contribution is 2.16. The van der Waals surface area contributed by atoms with Crippen LogP contribution in [0.5, 0.6) is 0 Å². The molecule has 0 saturated carbocycles. The van der Waals surface area contributed by atoms with E-state index in [9.17, 15) is 9.59 Å². The molecule has 4 nitrogen and oxygen atoms in total. The summed E-state index contributed by atoms with van der Waals surface area (Å²) in [5, 5.41) is 17.5. The number of carboxylic acids is 2. The lowest BCUT2D eigenvalue weighted by molar-refractivity contribution is -0.137. The van der Waals surface area contributed by atoms with Crippen molar-refractivity contribution in [3.8, 4) is 0 Å². The van der Waals surface area contributed by atoms with Crippen LogP contribution in [0.4, 0.5) is 0 Å². The van der Waals surface area contributed by atoms with E-state index in [2.05, 4.69) is 0 Å². The quantitative estimate of drug-likeness (QED) is 0.800. The Balaban J connectivity index is 2.83. The lowest BCUT2D eigenvalue weighted by atomic mass is 9.98. The van der Waals surface area contributed by atoms with Crippen molar-refractivity contribution in [2.24, 2.45) is 0 Å². The van der Waals surface area contributed by atoms with Crippen LogP contribution in [-0.2, 0) is 11.2 Å². The summed E-state index contributed by atoms with van der Waals surface area (Å²) in [5.41, 5.74) is 1.71. The van der Waals surface area contributed by atoms with Gasteiger partial charge in [0.1, 0.15) is 0 Å². The van der Waals surface area contributed by atoms with Crippen LogP contribution in [0, 0.1) is 6.92 Å². The van der Waals surface area contributed by atoms with Gasteiger partial charge in [0.15, 0.2) is 0 Å². The molecule has 0 radical (unpaired) electrons. The van der Waals surface area contributed by atoms with Crippen molar-refractivity contribution in [3.63, 3.8) is 0 Å². The van der Waals surface area contributed by atoms with Crippen LogP contribution < -0.4 is 0 Å². The Morgan fingerprint density at radius 3 is 2.50 bits per heavy atom. The summed E-state index contributed by atoms with van der Waals surface area (Å²) < 4.78 is 0. The second-order valence-electron chi connectivity index (χ2n) is 3.66. The third kappa shape index (κ3) is 3.08. The molecule has 0 aliphatic carbocycles. The average molecular weight is 222 g/mol. The predicted octanol–water partition coefficient (Wildman–Crippen LogP) is 2.10. The molecule has 0 heterocycles. The van der Waals surface area contributed by atoms with E-state index in [1.807, 2.05) is 0 Å². The van der Waals surface area contributed by atoms with E-state index in [0.29, 0.717) is 29.5 Å². The molecule has 0 aliphatic heterocycles. The number of hydrogen-bond acceptors (Lipinski definition) is 2. The lowest BCUT2D eigenvalue weighted by Gasteiger charge is -2.07. The first-order valence-corrected chi connectivity index (χ1v) is 5.06. The number of aromatic carboxylic acids is 1. The maximum Gasteiger partial charge on any atom is 0.336 e. The van der Waals surface area contributed by atoms with Crippen molar-refractivity contribution in [1.82, 2.24) is 0 Å². The van der Waals surface area contributed by atoms with Crippen LogP contribution in [0.25, 0.3) is 0 Å². The third-order valence-corrected chi connectivity index (χ3v) is 2.41. The molecule has 1 aromatic rings. The molecule has 0 bridgehead atoms. The summed E-state index contributed by atoms with van der Waals surface area (Å²) in [4.78, 5) is 21.4. The van der Waals surface area contributed by atoms with Crippen LogP contribution >= 0.6 is 0 Å². The van der Waals surface area contributed by atoms with E-state index >= 15 is 0 Å². The molecule has 0 amide bonds. The molecule has 16 heavy (non-hydrogen) atoms. The fourth-order valence-corrected chi connectivity index (χ4v) is 1.67. The van der Waals surface area contributed by atoms with Gasteiger partial charge in [-0.1, -0.05) is 18.2 Å². The summed E-state index contributed by atoms with van der Waals surface area (Å²) in [6.45, 7) is 1.74. The van der Waals surface area contributed by atoms with Gasteiger partial charge in [-0.3, -0.25) is 4.79 Å². The van der Waals surface area contributed by atoms with Crippen LogP contribution in [0.1, 0.15) is 34.3 Å². The number of hydrogen-bond donors (Lipinski definition) is 2. The van der Waals surface area contributed by atoms with E-state index < -0.39 is 11.9 Å². The first kappa shape index (κ1) is 12.2. The van der Waals surface area contributed by atoms with Crippen LogP contribution in [0.3, 0.4) is 0 Å². The van der Waals surface area contributed by atoms with Crippen molar-refractivity contribution in [2.75, 3.05) is 0 Å². The van der Waals surface area contributed by atoms with Crippen molar-refractivity contribution < 1.29 is 19.8 Å². The monoisotopic (exact) mass is 222 g/mol. The van der Waals surface area contributed by atoms with Gasteiger partial charge in [-0.25, -0.2) is 4.79 Å². The van der Waals surface area contributed by atoms with Crippen molar-refractivity contribution in [1.29, 1.82) is 0 Å². The second-order valence-corrected chi connectivity index (χ2v) is 3.66. The van der Waals surface area contributed by atoms with Crippen molar-refractivity contribution in [2.45, 2.75) is 26.2 Å². The van der Waals surface area contributed by atoms with Gasteiger partial charge in [0.2, 0.25) is 0 Å². The summed E-state index contributed by atoms with van der Waals surface area (Å²) in [6.07, 6.45) is 1.00. The molecule has 86 valence electrons. The number of benzene rings is 1. The Morgan fingerprint density at radius 2 is 1.94 bits per heavy atom. The highest BCUT2D eigenvalue weighted by molar-refractivity contribution is 5.91. The minimum Gasteiger partial charge on any atom is -0.481 e. The zero-order valence-corrected chi connectivity index (χ0v) is 9.06. The Hall–Kier alpha value is -1.84. The number of rotatable bonds is 5. The fraction of sp³-hybridized carbons (Fsp3) is 0.333. The SMILES string of the molecule is Cc1cccc(CCCC(=O)O)c1C(=O)O. The molecule has 1 rings (SSSR count). The average Bonchev–Trinajstić information content (AvgIpc) is 2.16. The first-order valence-electron chi connectivity index (χ1n) is 5.06. The van der Waals surface area contributed by atoms with E-state index in [0.717, 1.165) is 0 Å². The number of aliphatic carboxylic acids is 1. The molecule has 0 aliphatic rings. The fourth-order valence-electron chi connectivity index (χ4n) is 1.67. The molecular formula is C12H14O4. The smallest absolute Gasteiger partial charge is 0.336 e. The Kier molecular flexibility index (Phi) is 4.05. The van der Waals surface area contributed by atoms with Gasteiger partial charge in [-0.05, 0) is 30.9 Å². The zero-order chi connectivity index (χ0) is 12.1. The van der Waals surface area contributed by atoms with Crippen LogP contribution in [0.15, 0.2) is 18.2 Å². The first-order chi connectivity index (χ1) is 7.52. The van der Waals surface area contributed by atoms with Gasteiger partial charge in [-0.15, -0.1) is 0 Å². The standard InChI is InChI=1S/C12H14O4/c1-8-4-2-5-9(11(8)12(15)16)6-3-7-10(13)14/h2,4-5H,3,6-7H2,1H3,(H,13,14)(H,15,16). The second kappa shape index (κ2) is 5.30. The summed E-state index contributed by atoms with van der Waals surface area (Å²) >= 11 is 0. The lowest BCUT2D eigenvalue weighted by Crippen LogP contribution is -2.06. The van der Waals surface area contributed by atoms with Gasteiger partial charge >= 0.3 is 11.9 Å². The Labute approximate surface area is 93.5 Å². The molecule has 1 aromatic carbocycles. The normalized spacial score (nSPS) is 10.1. The highest BCUT2D eigenvalue weighted by atomic mass is 16.4. The number of carboxylic acid groups (broad SMARTS) is 2. The van der Waals surface area contributed by atoms with Gasteiger partial charge in [-0.2, -0.15) is 0 Å². The summed E-state index contributed by atoms with van der Waals surface area (Å²) in [5.74, 6) is -1.81. The molecule has 0 spiro atoms. The molecule has 2 N–H and O–H groups in total. The molecule has 0 aromatic heterocycles.